The minimum absolute atomic E-state index is 0.653. The molecule has 3 heteroatoms. The van der Waals surface area contributed by atoms with Crippen LogP contribution in [-0.2, 0) is 6.42 Å². The molecular weight excluding hydrogens is 264 g/mol. The molecule has 20 heavy (non-hydrogen) atoms. The van der Waals surface area contributed by atoms with Gasteiger partial charge in [0, 0.05) is 41.9 Å². The number of piperazine rings is 1. The van der Waals surface area contributed by atoms with E-state index in [0.717, 1.165) is 17.7 Å². The average molecular weight is 290 g/mol. The van der Waals surface area contributed by atoms with Gasteiger partial charge < -0.3 is 5.32 Å². The van der Waals surface area contributed by atoms with Crippen molar-refractivity contribution in [3.8, 4) is 0 Å². The van der Waals surface area contributed by atoms with E-state index in [0.29, 0.717) is 12.1 Å². The summed E-state index contributed by atoms with van der Waals surface area (Å²) in [5.41, 5.74) is 1.55. The van der Waals surface area contributed by atoms with Gasteiger partial charge in [0.25, 0.3) is 0 Å². The van der Waals surface area contributed by atoms with Crippen LogP contribution in [0.25, 0.3) is 0 Å². The summed E-state index contributed by atoms with van der Waals surface area (Å²) < 4.78 is 0. The predicted molar refractivity (Wildman–Crippen MR) is 87.5 cm³/mol. The molecule has 0 amide bonds. The summed E-state index contributed by atoms with van der Waals surface area (Å²) in [5, 5.41) is 4.43. The van der Waals surface area contributed by atoms with Crippen molar-refractivity contribution in [1.82, 2.24) is 10.2 Å². The second-order valence-electron chi connectivity index (χ2n) is 6.61. The van der Waals surface area contributed by atoms with E-state index < -0.39 is 0 Å². The fourth-order valence-corrected chi connectivity index (χ4v) is 4.61. The van der Waals surface area contributed by atoms with Gasteiger partial charge in [0.05, 0.1) is 0 Å². The van der Waals surface area contributed by atoms with E-state index in [2.05, 4.69) is 67.0 Å². The van der Waals surface area contributed by atoms with Crippen LogP contribution in [0, 0.1) is 5.92 Å². The van der Waals surface area contributed by atoms with Crippen molar-refractivity contribution in [3.63, 3.8) is 0 Å². The second-order valence-corrected chi connectivity index (χ2v) is 7.96. The van der Waals surface area contributed by atoms with Gasteiger partial charge in [0.1, 0.15) is 0 Å². The first-order valence-corrected chi connectivity index (χ1v) is 8.73. The summed E-state index contributed by atoms with van der Waals surface area (Å²) in [7, 11) is 0. The van der Waals surface area contributed by atoms with Gasteiger partial charge >= 0.3 is 0 Å². The molecule has 2 aliphatic rings. The second kappa shape index (κ2) is 6.08. The molecule has 110 valence electrons. The number of rotatable bonds is 3. The summed E-state index contributed by atoms with van der Waals surface area (Å²) in [6.45, 7) is 10.6. The maximum absolute atomic E-state index is 3.69. The summed E-state index contributed by atoms with van der Waals surface area (Å²) >= 11 is 2.08. The Bertz CT molecular complexity index is 435. The maximum Gasteiger partial charge on any atom is 0.0263 e. The Kier molecular flexibility index (Phi) is 4.39. The van der Waals surface area contributed by atoms with Gasteiger partial charge in [-0.25, -0.2) is 0 Å². The van der Waals surface area contributed by atoms with Crippen LogP contribution in [0.15, 0.2) is 29.2 Å². The Balaban J connectivity index is 1.60. The highest BCUT2D eigenvalue weighted by atomic mass is 32.2. The zero-order valence-electron chi connectivity index (χ0n) is 12.8. The quantitative estimate of drug-likeness (QED) is 0.921. The number of nitrogens with one attached hydrogen (secondary N) is 1. The highest BCUT2D eigenvalue weighted by Gasteiger charge is 2.30. The van der Waals surface area contributed by atoms with Crippen molar-refractivity contribution in [2.24, 2.45) is 5.92 Å². The van der Waals surface area contributed by atoms with Crippen molar-refractivity contribution in [2.45, 2.75) is 49.4 Å². The molecule has 0 bridgehead atoms. The Morgan fingerprint density at radius 1 is 1.35 bits per heavy atom. The zero-order valence-corrected chi connectivity index (χ0v) is 13.6. The molecule has 0 aliphatic carbocycles. The monoisotopic (exact) mass is 290 g/mol. The Morgan fingerprint density at radius 3 is 2.90 bits per heavy atom. The zero-order chi connectivity index (χ0) is 14.1. The van der Waals surface area contributed by atoms with Crippen LogP contribution in [0.5, 0.6) is 0 Å². The number of hydrogen-bond acceptors (Lipinski definition) is 3. The summed E-state index contributed by atoms with van der Waals surface area (Å²) in [5.74, 6) is 0.721. The molecule has 1 fully saturated rings. The fraction of sp³-hybridized carbons (Fsp3) is 0.647. The lowest BCUT2D eigenvalue weighted by molar-refractivity contribution is 0.124. The number of nitrogens with zero attached hydrogens (tertiary/aromatic N) is 1. The van der Waals surface area contributed by atoms with Crippen molar-refractivity contribution >= 4 is 11.8 Å². The molecule has 1 aromatic carbocycles. The number of thioether (sulfide) groups is 1. The van der Waals surface area contributed by atoms with E-state index in [1.54, 1.807) is 5.56 Å². The number of hydrogen-bond donors (Lipinski definition) is 1. The normalized spacial score (nSPS) is 30.7. The molecule has 0 saturated carbocycles. The van der Waals surface area contributed by atoms with E-state index in [1.807, 2.05) is 0 Å². The largest absolute Gasteiger partial charge is 0.311 e. The number of benzene rings is 1. The van der Waals surface area contributed by atoms with Crippen LogP contribution < -0.4 is 5.32 Å². The van der Waals surface area contributed by atoms with Gasteiger partial charge in [-0.2, -0.15) is 0 Å². The van der Waals surface area contributed by atoms with E-state index in [4.69, 9.17) is 0 Å². The molecule has 0 spiro atoms. The third-order valence-electron chi connectivity index (χ3n) is 4.69. The van der Waals surface area contributed by atoms with Crippen molar-refractivity contribution in [3.05, 3.63) is 29.8 Å². The lowest BCUT2D eigenvalue weighted by Gasteiger charge is -2.41. The molecule has 3 unspecified atom stereocenters. The Hall–Kier alpha value is -0.510. The van der Waals surface area contributed by atoms with Gasteiger partial charge in [-0.15, -0.1) is 11.8 Å². The van der Waals surface area contributed by atoms with E-state index in [1.165, 1.54) is 24.4 Å². The third kappa shape index (κ3) is 3.05. The van der Waals surface area contributed by atoms with E-state index in [9.17, 15) is 0 Å². The highest BCUT2D eigenvalue weighted by Crippen LogP contribution is 2.37. The van der Waals surface area contributed by atoms with Crippen molar-refractivity contribution in [1.29, 1.82) is 0 Å². The van der Waals surface area contributed by atoms with Gasteiger partial charge in [-0.1, -0.05) is 32.0 Å². The Labute approximate surface area is 127 Å². The molecule has 1 saturated heterocycles. The number of fused-ring (bicyclic) bond motifs is 1. The summed E-state index contributed by atoms with van der Waals surface area (Å²) in [6.07, 6.45) is 1.24. The van der Waals surface area contributed by atoms with E-state index >= 15 is 0 Å². The molecule has 3 atom stereocenters. The minimum Gasteiger partial charge on any atom is -0.311 e. The lowest BCUT2D eigenvalue weighted by atomic mass is 9.99. The molecule has 0 aromatic heterocycles. The average Bonchev–Trinajstić information content (AvgIpc) is 2.83. The SMILES string of the molecule is CC(C)C1CN(CC2Cc3ccccc3S2)C(C)CN1. The van der Waals surface area contributed by atoms with Gasteiger partial charge in [0.2, 0.25) is 0 Å². The maximum atomic E-state index is 3.69. The smallest absolute Gasteiger partial charge is 0.0263 e. The molecular formula is C17H26N2S. The van der Waals surface area contributed by atoms with Crippen LogP contribution >= 0.6 is 11.8 Å². The standard InChI is InChI=1S/C17H26N2S/c1-12(2)16-11-19(13(3)9-18-16)10-15-8-14-6-4-5-7-17(14)20-15/h4-7,12-13,15-16,18H,8-11H2,1-3H3. The van der Waals surface area contributed by atoms with Gasteiger partial charge in [0.15, 0.2) is 0 Å². The van der Waals surface area contributed by atoms with Crippen LogP contribution in [0.4, 0.5) is 0 Å². The summed E-state index contributed by atoms with van der Waals surface area (Å²) in [4.78, 5) is 4.20. The molecule has 0 radical (unpaired) electrons. The molecule has 2 nitrogen and oxygen atoms in total. The first kappa shape index (κ1) is 14.4. The lowest BCUT2D eigenvalue weighted by Crippen LogP contribution is -2.58. The van der Waals surface area contributed by atoms with Crippen LogP contribution in [0.2, 0.25) is 0 Å². The van der Waals surface area contributed by atoms with Gasteiger partial charge in [-0.3, -0.25) is 4.90 Å². The molecule has 1 N–H and O–H groups in total. The molecule has 1 aromatic rings. The molecule has 2 heterocycles. The highest BCUT2D eigenvalue weighted by molar-refractivity contribution is 8.00. The first-order valence-electron chi connectivity index (χ1n) is 7.85. The van der Waals surface area contributed by atoms with Crippen LogP contribution in [0.1, 0.15) is 26.3 Å². The first-order chi connectivity index (χ1) is 9.63. The molecule has 3 rings (SSSR count). The fourth-order valence-electron chi connectivity index (χ4n) is 3.27. The topological polar surface area (TPSA) is 15.3 Å². The predicted octanol–water partition coefficient (Wildman–Crippen LogP) is 3.02. The molecule has 2 aliphatic heterocycles. The minimum atomic E-state index is 0.653. The van der Waals surface area contributed by atoms with E-state index in [-0.39, 0.29) is 0 Å². The third-order valence-corrected chi connectivity index (χ3v) is 5.99. The Morgan fingerprint density at radius 2 is 2.15 bits per heavy atom. The van der Waals surface area contributed by atoms with Crippen molar-refractivity contribution in [2.75, 3.05) is 19.6 Å². The van der Waals surface area contributed by atoms with Crippen LogP contribution in [0.3, 0.4) is 0 Å². The van der Waals surface area contributed by atoms with Gasteiger partial charge in [-0.05, 0) is 30.9 Å². The summed E-state index contributed by atoms with van der Waals surface area (Å²) in [6, 6.07) is 10.2. The van der Waals surface area contributed by atoms with Crippen LogP contribution in [-0.4, -0.2) is 41.9 Å². The van der Waals surface area contributed by atoms with Crippen molar-refractivity contribution < 1.29 is 0 Å².